The smallest absolute Gasteiger partial charge is 0.270 e. The second-order valence-electron chi connectivity index (χ2n) is 6.65. The minimum Gasteiger partial charge on any atom is -0.497 e. The van der Waals surface area contributed by atoms with Gasteiger partial charge in [0.05, 0.1) is 7.11 Å². The van der Waals surface area contributed by atoms with Crippen LogP contribution in [0.25, 0.3) is 6.08 Å². The van der Waals surface area contributed by atoms with Gasteiger partial charge in [-0.2, -0.15) is 0 Å². The van der Waals surface area contributed by atoms with Crippen molar-refractivity contribution in [3.8, 4) is 5.75 Å². The molecule has 0 aromatic heterocycles. The molecule has 0 saturated carbocycles. The van der Waals surface area contributed by atoms with E-state index < -0.39 is 0 Å². The minimum absolute atomic E-state index is 0.169. The maximum absolute atomic E-state index is 13.0. The lowest BCUT2D eigenvalue weighted by Crippen LogP contribution is -2.41. The van der Waals surface area contributed by atoms with Crippen molar-refractivity contribution in [2.45, 2.75) is 19.3 Å². The third-order valence-electron chi connectivity index (χ3n) is 4.66. The fourth-order valence-corrected chi connectivity index (χ4v) is 3.21. The van der Waals surface area contributed by atoms with E-state index in [2.05, 4.69) is 5.32 Å². The van der Waals surface area contributed by atoms with Crippen molar-refractivity contribution < 1.29 is 14.3 Å². The highest BCUT2D eigenvalue weighted by atomic mass is 35.5. The summed E-state index contributed by atoms with van der Waals surface area (Å²) in [5, 5.41) is 3.33. The van der Waals surface area contributed by atoms with Crippen LogP contribution in [-0.4, -0.2) is 36.9 Å². The molecule has 146 valence electrons. The van der Waals surface area contributed by atoms with Crippen LogP contribution in [0.1, 0.15) is 35.2 Å². The largest absolute Gasteiger partial charge is 0.497 e. The van der Waals surface area contributed by atoms with Crippen LogP contribution in [-0.2, 0) is 4.79 Å². The molecule has 5 nitrogen and oxygen atoms in total. The molecule has 6 heteroatoms. The first-order chi connectivity index (χ1) is 13.6. The molecule has 1 fully saturated rings. The number of likely N-dealkylation sites (tertiary alicyclic amines) is 1. The Bertz CT molecular complexity index is 854. The summed E-state index contributed by atoms with van der Waals surface area (Å²) >= 11 is 5.89. The number of nitrogens with one attached hydrogen (secondary N) is 1. The SMILES string of the molecule is COc1ccc(/C=C(/NC(=O)c2ccc(Cl)cc2)C(=O)N2CCCCC2)cc1. The van der Waals surface area contributed by atoms with E-state index in [0.717, 1.165) is 30.6 Å². The molecule has 0 bridgehead atoms. The summed E-state index contributed by atoms with van der Waals surface area (Å²) < 4.78 is 5.17. The number of benzene rings is 2. The Balaban J connectivity index is 1.86. The van der Waals surface area contributed by atoms with E-state index in [0.29, 0.717) is 23.7 Å². The minimum atomic E-state index is -0.346. The standard InChI is InChI=1S/C22H23ClN2O3/c1-28-19-11-5-16(6-12-19)15-20(22(27)25-13-3-2-4-14-25)24-21(26)17-7-9-18(23)10-8-17/h5-12,15H,2-4,13-14H2,1H3,(H,24,26)/b20-15+. The van der Waals surface area contributed by atoms with Crippen molar-refractivity contribution in [2.24, 2.45) is 0 Å². The number of rotatable bonds is 5. The van der Waals surface area contributed by atoms with Gasteiger partial charge in [0.25, 0.3) is 11.8 Å². The summed E-state index contributed by atoms with van der Waals surface area (Å²) in [6.45, 7) is 1.41. The van der Waals surface area contributed by atoms with Crippen LogP contribution in [0.3, 0.4) is 0 Å². The van der Waals surface area contributed by atoms with E-state index in [1.807, 2.05) is 24.3 Å². The van der Waals surface area contributed by atoms with Crippen molar-refractivity contribution in [2.75, 3.05) is 20.2 Å². The quantitative estimate of drug-likeness (QED) is 0.770. The molecule has 1 heterocycles. The third-order valence-corrected chi connectivity index (χ3v) is 4.91. The predicted octanol–water partition coefficient (Wildman–Crippen LogP) is 4.13. The van der Waals surface area contributed by atoms with E-state index in [1.54, 1.807) is 42.4 Å². The molecule has 2 aromatic rings. The summed E-state index contributed by atoms with van der Waals surface area (Å²) in [6.07, 6.45) is 4.78. The van der Waals surface area contributed by atoms with E-state index in [-0.39, 0.29) is 17.5 Å². The fraction of sp³-hybridized carbons (Fsp3) is 0.273. The summed E-state index contributed by atoms with van der Waals surface area (Å²) in [4.78, 5) is 27.5. The number of ether oxygens (including phenoxy) is 1. The Morgan fingerprint density at radius 2 is 1.64 bits per heavy atom. The normalized spacial score (nSPS) is 14.5. The Morgan fingerprint density at radius 3 is 2.25 bits per heavy atom. The zero-order valence-electron chi connectivity index (χ0n) is 15.8. The van der Waals surface area contributed by atoms with Gasteiger partial charge in [-0.25, -0.2) is 0 Å². The van der Waals surface area contributed by atoms with Gasteiger partial charge in [0.1, 0.15) is 11.4 Å². The summed E-state index contributed by atoms with van der Waals surface area (Å²) in [6, 6.07) is 13.9. The van der Waals surface area contributed by atoms with E-state index in [1.165, 1.54) is 0 Å². The Morgan fingerprint density at radius 1 is 1.00 bits per heavy atom. The van der Waals surface area contributed by atoms with Crippen LogP contribution in [0.5, 0.6) is 5.75 Å². The third kappa shape index (κ3) is 5.14. The number of halogens is 1. The zero-order chi connectivity index (χ0) is 19.9. The van der Waals surface area contributed by atoms with Gasteiger partial charge in [-0.15, -0.1) is 0 Å². The van der Waals surface area contributed by atoms with Gasteiger partial charge < -0.3 is 15.0 Å². The van der Waals surface area contributed by atoms with Crippen LogP contribution in [0.2, 0.25) is 5.02 Å². The van der Waals surface area contributed by atoms with Gasteiger partial charge in [-0.05, 0) is 67.3 Å². The molecule has 0 spiro atoms. The molecular formula is C22H23ClN2O3. The van der Waals surface area contributed by atoms with Crippen LogP contribution in [0.4, 0.5) is 0 Å². The number of nitrogens with zero attached hydrogens (tertiary/aromatic N) is 1. The maximum atomic E-state index is 13.0. The first-order valence-corrected chi connectivity index (χ1v) is 9.66. The Hall–Kier alpha value is -2.79. The van der Waals surface area contributed by atoms with Gasteiger partial charge >= 0.3 is 0 Å². The van der Waals surface area contributed by atoms with Crippen molar-refractivity contribution >= 4 is 29.5 Å². The lowest BCUT2D eigenvalue weighted by Gasteiger charge is -2.27. The maximum Gasteiger partial charge on any atom is 0.270 e. The molecular weight excluding hydrogens is 376 g/mol. The van der Waals surface area contributed by atoms with Crippen LogP contribution >= 0.6 is 11.6 Å². The zero-order valence-corrected chi connectivity index (χ0v) is 16.5. The van der Waals surface area contributed by atoms with E-state index in [9.17, 15) is 9.59 Å². The molecule has 0 unspecified atom stereocenters. The number of hydrogen-bond acceptors (Lipinski definition) is 3. The second kappa shape index (κ2) is 9.42. The van der Waals surface area contributed by atoms with Crippen molar-refractivity contribution in [3.05, 3.63) is 70.4 Å². The predicted molar refractivity (Wildman–Crippen MR) is 110 cm³/mol. The number of amides is 2. The monoisotopic (exact) mass is 398 g/mol. The van der Waals surface area contributed by atoms with Crippen molar-refractivity contribution in [1.29, 1.82) is 0 Å². The molecule has 28 heavy (non-hydrogen) atoms. The number of hydrogen-bond donors (Lipinski definition) is 1. The summed E-state index contributed by atoms with van der Waals surface area (Å²) in [5.41, 5.74) is 1.50. The number of piperidine rings is 1. The van der Waals surface area contributed by atoms with E-state index in [4.69, 9.17) is 16.3 Å². The second-order valence-corrected chi connectivity index (χ2v) is 7.08. The highest BCUT2D eigenvalue weighted by molar-refractivity contribution is 6.30. The summed E-state index contributed by atoms with van der Waals surface area (Å²) in [5.74, 6) is 0.214. The van der Waals surface area contributed by atoms with Crippen LogP contribution in [0.15, 0.2) is 54.2 Å². The molecule has 1 N–H and O–H groups in total. The van der Waals surface area contributed by atoms with Gasteiger partial charge in [-0.3, -0.25) is 9.59 Å². The molecule has 0 radical (unpaired) electrons. The average molecular weight is 399 g/mol. The van der Waals surface area contributed by atoms with E-state index >= 15 is 0 Å². The number of carbonyl (C=O) groups excluding carboxylic acids is 2. The number of methoxy groups -OCH3 is 1. The number of carbonyl (C=O) groups is 2. The fourth-order valence-electron chi connectivity index (χ4n) is 3.08. The van der Waals surface area contributed by atoms with Crippen molar-refractivity contribution in [3.63, 3.8) is 0 Å². The van der Waals surface area contributed by atoms with Gasteiger partial charge in [0.2, 0.25) is 0 Å². The van der Waals surface area contributed by atoms with Crippen LogP contribution in [0, 0.1) is 0 Å². The molecule has 2 aromatic carbocycles. The first-order valence-electron chi connectivity index (χ1n) is 9.29. The highest BCUT2D eigenvalue weighted by Gasteiger charge is 2.22. The molecule has 2 amide bonds. The molecule has 0 aliphatic carbocycles. The molecule has 3 rings (SSSR count). The Kier molecular flexibility index (Phi) is 6.71. The molecule has 1 saturated heterocycles. The lowest BCUT2D eigenvalue weighted by molar-refractivity contribution is -0.128. The lowest BCUT2D eigenvalue weighted by atomic mass is 10.1. The van der Waals surface area contributed by atoms with Gasteiger partial charge in [0.15, 0.2) is 0 Å². The Labute approximate surface area is 169 Å². The topological polar surface area (TPSA) is 58.6 Å². The van der Waals surface area contributed by atoms with Crippen molar-refractivity contribution in [1.82, 2.24) is 10.2 Å². The van der Waals surface area contributed by atoms with Crippen LogP contribution < -0.4 is 10.1 Å². The van der Waals surface area contributed by atoms with Gasteiger partial charge in [-0.1, -0.05) is 23.7 Å². The molecule has 0 atom stereocenters. The summed E-state index contributed by atoms with van der Waals surface area (Å²) in [7, 11) is 1.60. The molecule has 1 aliphatic rings. The first kappa shape index (κ1) is 20.0. The highest BCUT2D eigenvalue weighted by Crippen LogP contribution is 2.17. The average Bonchev–Trinajstić information content (AvgIpc) is 2.74. The molecule has 1 aliphatic heterocycles. The van der Waals surface area contributed by atoms with Gasteiger partial charge in [0, 0.05) is 23.7 Å².